The van der Waals surface area contributed by atoms with E-state index >= 15 is 0 Å². The van der Waals surface area contributed by atoms with Crippen LogP contribution in [0.5, 0.6) is 0 Å². The molecule has 1 aromatic heterocycles. The van der Waals surface area contributed by atoms with Gasteiger partial charge in [-0.05, 0) is 36.2 Å². The standard InChI is InChI=1S/C10H13NO3S/c1-3-14-10(13)9(12)11-7(2)8-4-5-15-6-8/h4-7H,3H2,1-2H3,(H,11,12). The Kier molecular flexibility index (Phi) is 4.30. The molecule has 0 saturated heterocycles. The molecule has 0 bridgehead atoms. The van der Waals surface area contributed by atoms with Gasteiger partial charge in [0.25, 0.3) is 0 Å². The van der Waals surface area contributed by atoms with Gasteiger partial charge in [-0.3, -0.25) is 4.79 Å². The lowest BCUT2D eigenvalue weighted by atomic mass is 10.2. The summed E-state index contributed by atoms with van der Waals surface area (Å²) in [6, 6.07) is 1.73. The first-order chi connectivity index (χ1) is 7.15. The number of amides is 1. The van der Waals surface area contributed by atoms with Crippen molar-refractivity contribution in [3.63, 3.8) is 0 Å². The highest BCUT2D eigenvalue weighted by Crippen LogP contribution is 2.15. The van der Waals surface area contributed by atoms with Crippen molar-refractivity contribution in [2.45, 2.75) is 19.9 Å². The molecule has 5 heteroatoms. The number of hydrogen-bond acceptors (Lipinski definition) is 4. The lowest BCUT2D eigenvalue weighted by Gasteiger charge is -2.11. The molecule has 1 N–H and O–H groups in total. The molecule has 0 aliphatic rings. The second kappa shape index (κ2) is 5.50. The SMILES string of the molecule is CCOC(=O)C(=O)NC(C)c1ccsc1. The molecule has 0 aromatic carbocycles. The first-order valence-electron chi connectivity index (χ1n) is 4.64. The van der Waals surface area contributed by atoms with Gasteiger partial charge in [0.05, 0.1) is 12.6 Å². The van der Waals surface area contributed by atoms with Crippen molar-refractivity contribution in [3.05, 3.63) is 22.4 Å². The van der Waals surface area contributed by atoms with Gasteiger partial charge in [-0.2, -0.15) is 11.3 Å². The summed E-state index contributed by atoms with van der Waals surface area (Å²) in [5.74, 6) is -1.53. The summed E-state index contributed by atoms with van der Waals surface area (Å²) in [7, 11) is 0. The highest BCUT2D eigenvalue weighted by atomic mass is 32.1. The molecule has 1 unspecified atom stereocenters. The Hall–Kier alpha value is -1.36. The molecule has 1 aromatic rings. The smallest absolute Gasteiger partial charge is 0.396 e. The van der Waals surface area contributed by atoms with E-state index in [0.717, 1.165) is 5.56 Å². The predicted molar refractivity (Wildman–Crippen MR) is 57.5 cm³/mol. The number of carbonyl (C=O) groups is 2. The molecule has 4 nitrogen and oxygen atoms in total. The molecule has 1 atom stereocenters. The van der Waals surface area contributed by atoms with Gasteiger partial charge in [-0.25, -0.2) is 4.79 Å². The maximum atomic E-state index is 11.3. The summed E-state index contributed by atoms with van der Waals surface area (Å²) >= 11 is 1.55. The molecule has 82 valence electrons. The molecule has 0 fully saturated rings. The van der Waals surface area contributed by atoms with Crippen LogP contribution in [0, 0.1) is 0 Å². The lowest BCUT2D eigenvalue weighted by Crippen LogP contribution is -2.34. The predicted octanol–water partition coefficient (Wildman–Crippen LogP) is 1.49. The summed E-state index contributed by atoms with van der Waals surface area (Å²) in [4.78, 5) is 22.3. The zero-order valence-corrected chi connectivity index (χ0v) is 9.47. The Bertz CT molecular complexity index is 334. The van der Waals surface area contributed by atoms with E-state index in [1.165, 1.54) is 0 Å². The highest BCUT2D eigenvalue weighted by Gasteiger charge is 2.17. The fraction of sp³-hybridized carbons (Fsp3) is 0.400. The van der Waals surface area contributed by atoms with Gasteiger partial charge in [0.15, 0.2) is 0 Å². The zero-order valence-electron chi connectivity index (χ0n) is 8.65. The number of nitrogens with one attached hydrogen (secondary N) is 1. The number of rotatable bonds is 3. The van der Waals surface area contributed by atoms with E-state index in [1.807, 2.05) is 23.8 Å². The fourth-order valence-electron chi connectivity index (χ4n) is 1.06. The third-order valence-corrected chi connectivity index (χ3v) is 2.55. The Morgan fingerprint density at radius 3 is 2.87 bits per heavy atom. The van der Waals surface area contributed by atoms with Gasteiger partial charge in [0, 0.05) is 0 Å². The molecule has 0 radical (unpaired) electrons. The van der Waals surface area contributed by atoms with Crippen molar-refractivity contribution in [2.75, 3.05) is 6.61 Å². The maximum Gasteiger partial charge on any atom is 0.396 e. The second-order valence-electron chi connectivity index (χ2n) is 2.97. The Morgan fingerprint density at radius 2 is 2.33 bits per heavy atom. The lowest BCUT2D eigenvalue weighted by molar-refractivity contribution is -0.154. The molecule has 0 aliphatic heterocycles. The first kappa shape index (κ1) is 11.7. The van der Waals surface area contributed by atoms with Crippen LogP contribution in [0.1, 0.15) is 25.5 Å². The van der Waals surface area contributed by atoms with E-state index < -0.39 is 11.9 Å². The average molecular weight is 227 g/mol. The van der Waals surface area contributed by atoms with Crippen LogP contribution in [0.4, 0.5) is 0 Å². The molecule has 0 aliphatic carbocycles. The minimum absolute atomic E-state index is 0.173. The summed E-state index contributed by atoms with van der Waals surface area (Å²) in [5.41, 5.74) is 0.984. The third-order valence-electron chi connectivity index (χ3n) is 1.85. The largest absolute Gasteiger partial charge is 0.459 e. The van der Waals surface area contributed by atoms with Crippen molar-refractivity contribution in [3.8, 4) is 0 Å². The van der Waals surface area contributed by atoms with Crippen molar-refractivity contribution in [1.82, 2.24) is 5.32 Å². The van der Waals surface area contributed by atoms with Crippen LogP contribution in [0.25, 0.3) is 0 Å². The van der Waals surface area contributed by atoms with Gasteiger partial charge in [0.1, 0.15) is 0 Å². The summed E-state index contributed by atoms with van der Waals surface area (Å²) in [5, 5.41) is 6.41. The van der Waals surface area contributed by atoms with Crippen molar-refractivity contribution in [2.24, 2.45) is 0 Å². The Morgan fingerprint density at radius 1 is 1.60 bits per heavy atom. The van der Waals surface area contributed by atoms with E-state index in [9.17, 15) is 9.59 Å². The van der Waals surface area contributed by atoms with Crippen LogP contribution in [0.15, 0.2) is 16.8 Å². The van der Waals surface area contributed by atoms with Gasteiger partial charge in [-0.15, -0.1) is 0 Å². The van der Waals surface area contributed by atoms with Crippen molar-refractivity contribution in [1.29, 1.82) is 0 Å². The van der Waals surface area contributed by atoms with E-state index in [1.54, 1.807) is 18.3 Å². The van der Waals surface area contributed by atoms with Crippen LogP contribution in [0.2, 0.25) is 0 Å². The van der Waals surface area contributed by atoms with Crippen LogP contribution in [-0.4, -0.2) is 18.5 Å². The molecule has 0 spiro atoms. The minimum atomic E-state index is -0.834. The van der Waals surface area contributed by atoms with Gasteiger partial charge >= 0.3 is 11.9 Å². The number of thiophene rings is 1. The minimum Gasteiger partial charge on any atom is -0.459 e. The van der Waals surface area contributed by atoms with E-state index in [0.29, 0.717) is 0 Å². The summed E-state index contributed by atoms with van der Waals surface area (Å²) in [6.45, 7) is 3.69. The number of hydrogen-bond donors (Lipinski definition) is 1. The van der Waals surface area contributed by atoms with Crippen molar-refractivity contribution < 1.29 is 14.3 Å². The number of esters is 1. The van der Waals surface area contributed by atoms with Crippen LogP contribution >= 0.6 is 11.3 Å². The molecule has 1 heterocycles. The van der Waals surface area contributed by atoms with Gasteiger partial charge < -0.3 is 10.1 Å². The zero-order chi connectivity index (χ0) is 11.3. The molecule has 1 amide bonds. The molecule has 1 rings (SSSR count). The van der Waals surface area contributed by atoms with E-state index in [2.05, 4.69) is 10.1 Å². The van der Waals surface area contributed by atoms with E-state index in [4.69, 9.17) is 0 Å². The topological polar surface area (TPSA) is 55.4 Å². The quantitative estimate of drug-likeness (QED) is 0.628. The monoisotopic (exact) mass is 227 g/mol. The van der Waals surface area contributed by atoms with Gasteiger partial charge in [0.2, 0.25) is 0 Å². The molecular formula is C10H13NO3S. The Balaban J connectivity index is 2.48. The summed E-state index contributed by atoms with van der Waals surface area (Å²) in [6.07, 6.45) is 0. The molecular weight excluding hydrogens is 214 g/mol. The van der Waals surface area contributed by atoms with Crippen molar-refractivity contribution >= 4 is 23.2 Å². The molecule has 15 heavy (non-hydrogen) atoms. The first-order valence-corrected chi connectivity index (χ1v) is 5.59. The maximum absolute atomic E-state index is 11.3. The third kappa shape index (κ3) is 3.36. The highest BCUT2D eigenvalue weighted by molar-refractivity contribution is 7.07. The number of ether oxygens (including phenoxy) is 1. The fourth-order valence-corrected chi connectivity index (χ4v) is 1.81. The van der Waals surface area contributed by atoms with Crippen LogP contribution in [-0.2, 0) is 14.3 Å². The summed E-state index contributed by atoms with van der Waals surface area (Å²) < 4.78 is 4.57. The number of carbonyl (C=O) groups excluding carboxylic acids is 2. The molecule has 0 saturated carbocycles. The van der Waals surface area contributed by atoms with Crippen LogP contribution in [0.3, 0.4) is 0 Å². The second-order valence-corrected chi connectivity index (χ2v) is 3.75. The average Bonchev–Trinajstić information content (AvgIpc) is 2.70. The van der Waals surface area contributed by atoms with E-state index in [-0.39, 0.29) is 12.6 Å². The van der Waals surface area contributed by atoms with Crippen LogP contribution < -0.4 is 5.32 Å². The normalized spacial score (nSPS) is 11.9. The Labute approximate surface area is 92.2 Å². The van der Waals surface area contributed by atoms with Gasteiger partial charge in [-0.1, -0.05) is 0 Å².